The SMILES string of the molecule is CC(C)n1c(Nc2ccc(N3CCOCC3)cc2)nc2c(Nc3ccccc3)ncnc21. The van der Waals surface area contributed by atoms with Gasteiger partial charge in [0.05, 0.1) is 13.2 Å². The molecule has 5 rings (SSSR count). The van der Waals surface area contributed by atoms with Crippen molar-refractivity contribution in [3.63, 3.8) is 0 Å². The van der Waals surface area contributed by atoms with Gasteiger partial charge in [-0.15, -0.1) is 0 Å². The Morgan fingerprint density at radius 1 is 0.875 bits per heavy atom. The second-order valence-electron chi connectivity index (χ2n) is 8.06. The van der Waals surface area contributed by atoms with Gasteiger partial charge in [0.25, 0.3) is 0 Å². The number of fused-ring (bicyclic) bond motifs is 1. The second-order valence-corrected chi connectivity index (χ2v) is 8.06. The summed E-state index contributed by atoms with van der Waals surface area (Å²) in [6.45, 7) is 7.65. The molecule has 0 saturated carbocycles. The molecule has 0 aliphatic carbocycles. The number of morpholine rings is 1. The average Bonchev–Trinajstić information content (AvgIpc) is 3.20. The van der Waals surface area contributed by atoms with Crippen LogP contribution < -0.4 is 15.5 Å². The molecule has 0 radical (unpaired) electrons. The molecule has 1 aliphatic rings. The fourth-order valence-corrected chi connectivity index (χ4v) is 3.94. The van der Waals surface area contributed by atoms with Crippen molar-refractivity contribution in [2.24, 2.45) is 0 Å². The van der Waals surface area contributed by atoms with Gasteiger partial charge in [-0.1, -0.05) is 18.2 Å². The molecular formula is C24H27N7O. The summed E-state index contributed by atoms with van der Waals surface area (Å²) in [6, 6.07) is 18.6. The lowest BCUT2D eigenvalue weighted by Crippen LogP contribution is -2.36. The van der Waals surface area contributed by atoms with Crippen molar-refractivity contribution < 1.29 is 4.74 Å². The highest BCUT2D eigenvalue weighted by atomic mass is 16.5. The number of nitrogens with zero attached hydrogens (tertiary/aromatic N) is 5. The monoisotopic (exact) mass is 429 g/mol. The van der Waals surface area contributed by atoms with E-state index in [1.54, 1.807) is 6.33 Å². The third-order valence-corrected chi connectivity index (χ3v) is 5.53. The van der Waals surface area contributed by atoms with E-state index < -0.39 is 0 Å². The molecule has 164 valence electrons. The Morgan fingerprint density at radius 2 is 1.59 bits per heavy atom. The lowest BCUT2D eigenvalue weighted by atomic mass is 10.2. The predicted octanol–water partition coefficient (Wildman–Crippen LogP) is 4.73. The predicted molar refractivity (Wildman–Crippen MR) is 128 cm³/mol. The summed E-state index contributed by atoms with van der Waals surface area (Å²) >= 11 is 0. The summed E-state index contributed by atoms with van der Waals surface area (Å²) in [5, 5.41) is 6.84. The van der Waals surface area contributed by atoms with Crippen LogP contribution in [0.2, 0.25) is 0 Å². The number of rotatable bonds is 6. The maximum Gasteiger partial charge on any atom is 0.210 e. The number of ether oxygens (including phenoxy) is 1. The Morgan fingerprint density at radius 3 is 2.31 bits per heavy atom. The number of hydrogen-bond donors (Lipinski definition) is 2. The van der Waals surface area contributed by atoms with Gasteiger partial charge in [-0.3, -0.25) is 4.57 Å². The van der Waals surface area contributed by atoms with Crippen LogP contribution in [0.3, 0.4) is 0 Å². The van der Waals surface area contributed by atoms with E-state index in [0.29, 0.717) is 5.82 Å². The summed E-state index contributed by atoms with van der Waals surface area (Å²) in [5.74, 6) is 1.43. The van der Waals surface area contributed by atoms with Crippen molar-refractivity contribution >= 4 is 40.0 Å². The third-order valence-electron chi connectivity index (χ3n) is 5.53. The fraction of sp³-hybridized carbons (Fsp3) is 0.292. The first kappa shape index (κ1) is 20.3. The maximum atomic E-state index is 5.45. The van der Waals surface area contributed by atoms with E-state index in [9.17, 15) is 0 Å². The molecule has 2 N–H and O–H groups in total. The van der Waals surface area contributed by atoms with Crippen LogP contribution in [0.4, 0.5) is 28.8 Å². The normalized spacial score (nSPS) is 14.2. The standard InChI is InChI=1S/C24H27N7O/c1-17(2)31-23-21(22(25-16-26-23)27-18-6-4-3-5-7-18)29-24(31)28-19-8-10-20(11-9-19)30-12-14-32-15-13-30/h3-11,16-17H,12-15H2,1-2H3,(H,28,29)(H,25,26,27). The summed E-state index contributed by atoms with van der Waals surface area (Å²) < 4.78 is 7.55. The van der Waals surface area contributed by atoms with Gasteiger partial charge in [0.15, 0.2) is 17.0 Å². The van der Waals surface area contributed by atoms with Gasteiger partial charge >= 0.3 is 0 Å². The molecule has 0 bridgehead atoms. The van der Waals surface area contributed by atoms with Crippen LogP contribution in [0.15, 0.2) is 60.9 Å². The van der Waals surface area contributed by atoms with Crippen molar-refractivity contribution in [2.75, 3.05) is 41.8 Å². The Kier molecular flexibility index (Phi) is 5.60. The molecule has 32 heavy (non-hydrogen) atoms. The smallest absolute Gasteiger partial charge is 0.210 e. The van der Waals surface area contributed by atoms with Gasteiger partial charge in [-0.05, 0) is 50.2 Å². The number of hydrogen-bond acceptors (Lipinski definition) is 7. The molecule has 1 fully saturated rings. The molecular weight excluding hydrogens is 402 g/mol. The van der Waals surface area contributed by atoms with Crippen molar-refractivity contribution in [3.05, 3.63) is 60.9 Å². The zero-order valence-corrected chi connectivity index (χ0v) is 18.3. The molecule has 1 saturated heterocycles. The van der Waals surface area contributed by atoms with Gasteiger partial charge in [-0.2, -0.15) is 0 Å². The summed E-state index contributed by atoms with van der Waals surface area (Å²) in [4.78, 5) is 16.2. The third kappa shape index (κ3) is 4.09. The van der Waals surface area contributed by atoms with E-state index in [-0.39, 0.29) is 6.04 Å². The van der Waals surface area contributed by atoms with Gasteiger partial charge < -0.3 is 20.3 Å². The first-order valence-corrected chi connectivity index (χ1v) is 10.9. The second kappa shape index (κ2) is 8.84. The minimum Gasteiger partial charge on any atom is -0.378 e. The largest absolute Gasteiger partial charge is 0.378 e. The zero-order valence-electron chi connectivity index (χ0n) is 18.3. The van der Waals surface area contributed by atoms with Crippen molar-refractivity contribution in [3.8, 4) is 0 Å². The lowest BCUT2D eigenvalue weighted by Gasteiger charge is -2.28. The summed E-state index contributed by atoms with van der Waals surface area (Å²) in [5.41, 5.74) is 4.67. The van der Waals surface area contributed by atoms with E-state index in [1.165, 1.54) is 5.69 Å². The topological polar surface area (TPSA) is 80.1 Å². The Labute approximate surface area is 187 Å². The first-order chi connectivity index (χ1) is 15.7. The molecule has 8 nitrogen and oxygen atoms in total. The highest BCUT2D eigenvalue weighted by Gasteiger charge is 2.18. The molecule has 3 heterocycles. The van der Waals surface area contributed by atoms with Crippen molar-refractivity contribution in [1.82, 2.24) is 19.5 Å². The number of nitrogens with one attached hydrogen (secondary N) is 2. The van der Waals surface area contributed by atoms with Gasteiger partial charge in [0, 0.05) is 36.2 Å². The number of anilines is 5. The van der Waals surface area contributed by atoms with Crippen LogP contribution in [0.25, 0.3) is 11.2 Å². The lowest BCUT2D eigenvalue weighted by molar-refractivity contribution is 0.122. The Balaban J connectivity index is 1.45. The van der Waals surface area contributed by atoms with Gasteiger partial charge in [0.1, 0.15) is 6.33 Å². The van der Waals surface area contributed by atoms with E-state index in [1.807, 2.05) is 30.3 Å². The van der Waals surface area contributed by atoms with E-state index >= 15 is 0 Å². The average molecular weight is 430 g/mol. The summed E-state index contributed by atoms with van der Waals surface area (Å²) in [6.07, 6.45) is 1.58. The molecule has 8 heteroatoms. The van der Waals surface area contributed by atoms with E-state index in [4.69, 9.17) is 9.72 Å². The molecule has 0 atom stereocenters. The minimum atomic E-state index is 0.176. The van der Waals surface area contributed by atoms with Crippen molar-refractivity contribution in [1.29, 1.82) is 0 Å². The fourth-order valence-electron chi connectivity index (χ4n) is 3.94. The number of para-hydroxylation sites is 1. The highest BCUT2D eigenvalue weighted by Crippen LogP contribution is 2.30. The highest BCUT2D eigenvalue weighted by molar-refractivity contribution is 5.88. The van der Waals surface area contributed by atoms with Crippen LogP contribution in [0, 0.1) is 0 Å². The van der Waals surface area contributed by atoms with Crippen LogP contribution in [0.5, 0.6) is 0 Å². The molecule has 0 spiro atoms. The van der Waals surface area contributed by atoms with Crippen molar-refractivity contribution in [2.45, 2.75) is 19.9 Å². The molecule has 2 aromatic heterocycles. The number of imidazole rings is 1. The molecule has 0 amide bonds. The van der Waals surface area contributed by atoms with Gasteiger partial charge in [0.2, 0.25) is 5.95 Å². The van der Waals surface area contributed by atoms with Crippen LogP contribution in [0.1, 0.15) is 19.9 Å². The van der Waals surface area contributed by atoms with Crippen LogP contribution in [-0.2, 0) is 4.74 Å². The number of benzene rings is 2. The first-order valence-electron chi connectivity index (χ1n) is 10.9. The molecule has 2 aromatic carbocycles. The zero-order chi connectivity index (χ0) is 21.9. The Hall–Kier alpha value is -3.65. The molecule has 1 aliphatic heterocycles. The molecule has 4 aromatic rings. The summed E-state index contributed by atoms with van der Waals surface area (Å²) in [7, 11) is 0. The quantitative estimate of drug-likeness (QED) is 0.459. The van der Waals surface area contributed by atoms with E-state index in [2.05, 4.69) is 68.2 Å². The van der Waals surface area contributed by atoms with E-state index in [0.717, 1.165) is 54.8 Å². The van der Waals surface area contributed by atoms with Crippen LogP contribution >= 0.6 is 0 Å². The Bertz CT molecular complexity index is 1180. The maximum absolute atomic E-state index is 5.45. The molecule has 0 unspecified atom stereocenters. The minimum absolute atomic E-state index is 0.176. The van der Waals surface area contributed by atoms with Gasteiger partial charge in [-0.25, -0.2) is 15.0 Å². The van der Waals surface area contributed by atoms with Crippen LogP contribution in [-0.4, -0.2) is 45.8 Å². The number of aromatic nitrogens is 4.